The van der Waals surface area contributed by atoms with Crippen molar-refractivity contribution in [2.24, 2.45) is 0 Å². The maximum Gasteiger partial charge on any atom is 0.373 e. The monoisotopic (exact) mass is 260 g/mol. The van der Waals surface area contributed by atoms with E-state index in [0.717, 1.165) is 18.4 Å². The highest BCUT2D eigenvalue weighted by atomic mass is 19.1. The van der Waals surface area contributed by atoms with Crippen LogP contribution >= 0.6 is 0 Å². The van der Waals surface area contributed by atoms with Gasteiger partial charge in [-0.05, 0) is 36.1 Å². The molecule has 0 aliphatic heterocycles. The molecule has 0 heterocycles. The number of carbonyl (C=O) groups excluding carboxylic acids is 2. The van der Waals surface area contributed by atoms with E-state index in [1.165, 1.54) is 17.7 Å². The Morgan fingerprint density at radius 3 is 2.11 bits per heavy atom. The summed E-state index contributed by atoms with van der Waals surface area (Å²) < 4.78 is 13.1. The van der Waals surface area contributed by atoms with E-state index in [-0.39, 0.29) is 11.9 Å². The van der Waals surface area contributed by atoms with Crippen LogP contribution < -0.4 is 0 Å². The lowest BCUT2D eigenvalue weighted by Gasteiger charge is -2.03. The average molecular weight is 260 g/mol. The number of aryl methyl sites for hydroxylation is 2. The van der Waals surface area contributed by atoms with E-state index in [1.807, 2.05) is 18.2 Å². The van der Waals surface area contributed by atoms with Crippen LogP contribution in [0.15, 0.2) is 48.5 Å². The van der Waals surface area contributed by atoms with Crippen molar-refractivity contribution in [3.63, 3.8) is 0 Å². The van der Waals surface area contributed by atoms with Crippen molar-refractivity contribution in [1.29, 1.82) is 0 Å². The summed E-state index contributed by atoms with van der Waals surface area (Å²) in [5, 5.41) is 9.05. The van der Waals surface area contributed by atoms with Crippen LogP contribution in [0.4, 0.5) is 4.39 Å². The average Bonchev–Trinajstić information content (AvgIpc) is 2.42. The van der Waals surface area contributed by atoms with Crippen molar-refractivity contribution in [1.82, 2.24) is 0 Å². The SMILES string of the molecule is O=C=O.Oc1ccc(CCc2ccccc2)cc1F. The Labute approximate surface area is 110 Å². The topological polar surface area (TPSA) is 54.4 Å². The van der Waals surface area contributed by atoms with E-state index < -0.39 is 5.82 Å². The molecule has 2 rings (SSSR count). The number of aromatic hydroxyl groups is 1. The van der Waals surface area contributed by atoms with Crippen molar-refractivity contribution in [3.05, 3.63) is 65.5 Å². The fourth-order valence-electron chi connectivity index (χ4n) is 1.64. The zero-order chi connectivity index (χ0) is 14.1. The second-order valence-corrected chi connectivity index (χ2v) is 3.85. The number of halogens is 1. The Morgan fingerprint density at radius 2 is 1.53 bits per heavy atom. The van der Waals surface area contributed by atoms with Crippen LogP contribution in [-0.2, 0) is 22.4 Å². The fraction of sp³-hybridized carbons (Fsp3) is 0.133. The normalized spacial score (nSPS) is 9.11. The molecule has 0 aliphatic rings. The summed E-state index contributed by atoms with van der Waals surface area (Å²) in [6, 6.07) is 14.6. The predicted octanol–water partition coefficient (Wildman–Crippen LogP) is 2.73. The van der Waals surface area contributed by atoms with Crippen molar-refractivity contribution >= 4 is 6.15 Å². The lowest BCUT2D eigenvalue weighted by Crippen LogP contribution is -1.91. The third-order valence-corrected chi connectivity index (χ3v) is 2.56. The van der Waals surface area contributed by atoms with Gasteiger partial charge in [0.1, 0.15) is 0 Å². The van der Waals surface area contributed by atoms with Gasteiger partial charge in [0.15, 0.2) is 11.6 Å². The molecule has 0 atom stereocenters. The van der Waals surface area contributed by atoms with Gasteiger partial charge < -0.3 is 5.11 Å². The van der Waals surface area contributed by atoms with E-state index in [1.54, 1.807) is 6.07 Å². The first kappa shape index (κ1) is 14.6. The second kappa shape index (κ2) is 7.80. The van der Waals surface area contributed by atoms with Crippen molar-refractivity contribution in [3.8, 4) is 5.75 Å². The molecule has 98 valence electrons. The molecule has 0 aliphatic carbocycles. The molecule has 0 radical (unpaired) electrons. The first-order valence-electron chi connectivity index (χ1n) is 5.68. The zero-order valence-electron chi connectivity index (χ0n) is 10.2. The Kier molecular flexibility index (Phi) is 5.99. The fourth-order valence-corrected chi connectivity index (χ4v) is 1.64. The summed E-state index contributed by atoms with van der Waals surface area (Å²) in [6.07, 6.45) is 1.91. The van der Waals surface area contributed by atoms with Crippen LogP contribution in [0, 0.1) is 5.82 Å². The van der Waals surface area contributed by atoms with Gasteiger partial charge >= 0.3 is 6.15 Å². The third kappa shape index (κ3) is 5.15. The lowest BCUT2D eigenvalue weighted by atomic mass is 10.0. The molecule has 1 N–H and O–H groups in total. The minimum Gasteiger partial charge on any atom is -0.505 e. The summed E-state index contributed by atoms with van der Waals surface area (Å²) in [6.45, 7) is 0. The Hall–Kier alpha value is -2.45. The molecule has 0 amide bonds. The van der Waals surface area contributed by atoms with Gasteiger partial charge in [-0.25, -0.2) is 4.39 Å². The van der Waals surface area contributed by atoms with Crippen LogP contribution in [0.1, 0.15) is 11.1 Å². The Bertz CT molecular complexity index is 547. The largest absolute Gasteiger partial charge is 0.505 e. The number of rotatable bonds is 3. The number of phenolic OH excluding ortho intramolecular Hbond substituents is 1. The first-order chi connectivity index (χ1) is 9.17. The third-order valence-electron chi connectivity index (χ3n) is 2.56. The van der Waals surface area contributed by atoms with Crippen LogP contribution in [0.25, 0.3) is 0 Å². The van der Waals surface area contributed by atoms with Crippen LogP contribution in [0.5, 0.6) is 5.75 Å². The minimum atomic E-state index is -0.550. The standard InChI is InChI=1S/C14H13FO.CO2/c15-13-10-12(8-9-14(13)16)7-6-11-4-2-1-3-5-11;2-1-3/h1-5,8-10,16H,6-7H2;. The quantitative estimate of drug-likeness (QED) is 0.923. The number of hydrogen-bond acceptors (Lipinski definition) is 3. The molecular weight excluding hydrogens is 247 g/mol. The summed E-state index contributed by atoms with van der Waals surface area (Å²) in [4.78, 5) is 16.2. The molecule has 0 saturated heterocycles. The highest BCUT2D eigenvalue weighted by molar-refractivity contribution is 5.29. The first-order valence-corrected chi connectivity index (χ1v) is 5.68. The smallest absolute Gasteiger partial charge is 0.373 e. The summed E-state index contributed by atoms with van der Waals surface area (Å²) in [7, 11) is 0. The minimum absolute atomic E-state index is 0.250. The molecule has 0 unspecified atom stereocenters. The van der Waals surface area contributed by atoms with Gasteiger partial charge in [0.05, 0.1) is 0 Å². The molecule has 2 aromatic carbocycles. The van der Waals surface area contributed by atoms with Gasteiger partial charge in [0, 0.05) is 0 Å². The molecule has 0 bridgehead atoms. The van der Waals surface area contributed by atoms with Crippen molar-refractivity contribution in [2.45, 2.75) is 12.8 Å². The number of hydrogen-bond donors (Lipinski definition) is 1. The zero-order valence-corrected chi connectivity index (χ0v) is 10.2. The van der Waals surface area contributed by atoms with E-state index in [0.29, 0.717) is 0 Å². The Morgan fingerprint density at radius 1 is 0.947 bits per heavy atom. The summed E-state index contributed by atoms with van der Waals surface area (Å²) in [5.74, 6) is -0.839. The van der Waals surface area contributed by atoms with Crippen molar-refractivity contribution in [2.75, 3.05) is 0 Å². The van der Waals surface area contributed by atoms with Gasteiger partial charge in [-0.2, -0.15) is 9.59 Å². The van der Waals surface area contributed by atoms with Crippen molar-refractivity contribution < 1.29 is 19.1 Å². The van der Waals surface area contributed by atoms with Crippen LogP contribution in [0.2, 0.25) is 0 Å². The molecule has 19 heavy (non-hydrogen) atoms. The molecule has 0 spiro atoms. The van der Waals surface area contributed by atoms with Crippen LogP contribution in [-0.4, -0.2) is 11.3 Å². The molecule has 0 saturated carbocycles. The molecule has 2 aromatic rings. The maximum absolute atomic E-state index is 13.1. The van der Waals surface area contributed by atoms with E-state index in [4.69, 9.17) is 14.7 Å². The highest BCUT2D eigenvalue weighted by Crippen LogP contribution is 2.17. The molecular formula is C15H13FO3. The number of benzene rings is 2. The van der Waals surface area contributed by atoms with E-state index in [2.05, 4.69) is 12.1 Å². The molecule has 0 fully saturated rings. The van der Waals surface area contributed by atoms with Crippen LogP contribution in [0.3, 0.4) is 0 Å². The van der Waals surface area contributed by atoms with Gasteiger partial charge in [-0.3, -0.25) is 0 Å². The lowest BCUT2D eigenvalue weighted by molar-refractivity contribution is -0.191. The van der Waals surface area contributed by atoms with Gasteiger partial charge in [-0.1, -0.05) is 36.4 Å². The Balaban J connectivity index is 0.000000550. The summed E-state index contributed by atoms with van der Waals surface area (Å²) >= 11 is 0. The van der Waals surface area contributed by atoms with E-state index >= 15 is 0 Å². The second-order valence-electron chi connectivity index (χ2n) is 3.85. The van der Waals surface area contributed by atoms with Gasteiger partial charge in [0.2, 0.25) is 0 Å². The predicted molar refractivity (Wildman–Crippen MR) is 66.9 cm³/mol. The molecule has 3 nitrogen and oxygen atoms in total. The van der Waals surface area contributed by atoms with E-state index in [9.17, 15) is 4.39 Å². The molecule has 0 aromatic heterocycles. The summed E-state index contributed by atoms with van der Waals surface area (Å²) in [5.41, 5.74) is 2.13. The highest BCUT2D eigenvalue weighted by Gasteiger charge is 2.01. The number of phenols is 1. The van der Waals surface area contributed by atoms with Gasteiger partial charge in [-0.15, -0.1) is 0 Å². The maximum atomic E-state index is 13.1. The van der Waals surface area contributed by atoms with Gasteiger partial charge in [0.25, 0.3) is 0 Å². The molecule has 4 heteroatoms.